The van der Waals surface area contributed by atoms with E-state index >= 15 is 0 Å². The van der Waals surface area contributed by atoms with Crippen LogP contribution in [0.15, 0.2) is 24.3 Å². The first-order valence-corrected chi connectivity index (χ1v) is 8.31. The van der Waals surface area contributed by atoms with Gasteiger partial charge in [0.05, 0.1) is 0 Å². The highest BCUT2D eigenvalue weighted by molar-refractivity contribution is 5.85. The zero-order chi connectivity index (χ0) is 15.6. The molecule has 1 atom stereocenters. The van der Waals surface area contributed by atoms with Gasteiger partial charge in [0.2, 0.25) is 5.91 Å². The molecule has 1 amide bonds. The Morgan fingerprint density at radius 2 is 1.83 bits per heavy atom. The minimum Gasteiger partial charge on any atom is -0.352 e. The second-order valence-electron chi connectivity index (χ2n) is 7.09. The summed E-state index contributed by atoms with van der Waals surface area (Å²) in [5.41, 5.74) is 2.84. The third kappa shape index (κ3) is 4.85. The lowest BCUT2D eigenvalue weighted by molar-refractivity contribution is -0.123. The molecule has 2 fully saturated rings. The normalized spacial score (nSPS) is 20.9. The Bertz CT molecular complexity index is 545. The molecule has 136 valence electrons. The molecular weight excluding hydrogens is 345 g/mol. The van der Waals surface area contributed by atoms with Crippen LogP contribution in [0.5, 0.6) is 0 Å². The Morgan fingerprint density at radius 3 is 2.46 bits per heavy atom. The number of piperidine rings is 1. The fourth-order valence-electron chi connectivity index (χ4n) is 3.73. The van der Waals surface area contributed by atoms with Gasteiger partial charge in [-0.05, 0) is 63.0 Å². The van der Waals surface area contributed by atoms with E-state index in [1.807, 2.05) is 6.07 Å². The van der Waals surface area contributed by atoms with Crippen molar-refractivity contribution in [3.63, 3.8) is 0 Å². The Hall–Kier alpha value is -0.810. The average molecular weight is 374 g/mol. The third-order valence-electron chi connectivity index (χ3n) is 5.16. The van der Waals surface area contributed by atoms with Crippen LogP contribution < -0.4 is 10.6 Å². The SMILES string of the molecule is CN(C)Cc1ccccc1CNC(=O)C1CC12CCNCC2.Cl.Cl. The Labute approximate surface area is 157 Å². The quantitative estimate of drug-likeness (QED) is 0.833. The number of hydrogen-bond acceptors (Lipinski definition) is 3. The zero-order valence-electron chi connectivity index (χ0n) is 14.5. The number of carbonyl (C=O) groups excluding carboxylic acids is 1. The molecule has 1 saturated carbocycles. The van der Waals surface area contributed by atoms with Crippen LogP contribution in [0, 0.1) is 11.3 Å². The molecule has 1 aliphatic heterocycles. The first-order valence-electron chi connectivity index (χ1n) is 8.31. The van der Waals surface area contributed by atoms with Gasteiger partial charge in [0, 0.05) is 19.0 Å². The van der Waals surface area contributed by atoms with E-state index in [0.717, 1.165) is 38.9 Å². The number of halogens is 2. The van der Waals surface area contributed by atoms with Crippen molar-refractivity contribution < 1.29 is 4.79 Å². The second-order valence-corrected chi connectivity index (χ2v) is 7.09. The number of amides is 1. The molecule has 4 nitrogen and oxygen atoms in total. The molecule has 6 heteroatoms. The predicted octanol–water partition coefficient (Wildman–Crippen LogP) is 2.60. The summed E-state index contributed by atoms with van der Waals surface area (Å²) in [7, 11) is 4.14. The highest BCUT2D eigenvalue weighted by atomic mass is 35.5. The van der Waals surface area contributed by atoms with Crippen molar-refractivity contribution in [2.45, 2.75) is 32.4 Å². The van der Waals surface area contributed by atoms with E-state index in [-0.39, 0.29) is 36.6 Å². The number of benzene rings is 1. The molecular formula is C18H29Cl2N3O. The van der Waals surface area contributed by atoms with Crippen molar-refractivity contribution in [2.75, 3.05) is 27.2 Å². The van der Waals surface area contributed by atoms with Crippen LogP contribution in [0.2, 0.25) is 0 Å². The van der Waals surface area contributed by atoms with Gasteiger partial charge in [0.1, 0.15) is 0 Å². The average Bonchev–Trinajstić information content (AvgIpc) is 3.19. The monoisotopic (exact) mass is 373 g/mol. The van der Waals surface area contributed by atoms with Gasteiger partial charge in [-0.25, -0.2) is 0 Å². The van der Waals surface area contributed by atoms with Gasteiger partial charge >= 0.3 is 0 Å². The van der Waals surface area contributed by atoms with Gasteiger partial charge in [-0.1, -0.05) is 24.3 Å². The van der Waals surface area contributed by atoms with Crippen LogP contribution in [-0.2, 0) is 17.9 Å². The summed E-state index contributed by atoms with van der Waals surface area (Å²) in [5.74, 6) is 0.497. The summed E-state index contributed by atoms with van der Waals surface area (Å²) in [6.07, 6.45) is 3.39. The molecule has 0 radical (unpaired) electrons. The molecule has 0 aromatic heterocycles. The van der Waals surface area contributed by atoms with Crippen molar-refractivity contribution in [1.29, 1.82) is 0 Å². The minimum absolute atomic E-state index is 0. The molecule has 3 rings (SSSR count). The molecule has 1 aromatic carbocycles. The lowest BCUT2D eigenvalue weighted by atomic mass is 9.92. The number of hydrogen-bond donors (Lipinski definition) is 2. The van der Waals surface area contributed by atoms with E-state index in [0.29, 0.717) is 12.0 Å². The van der Waals surface area contributed by atoms with Crippen molar-refractivity contribution >= 4 is 30.7 Å². The minimum atomic E-state index is 0. The summed E-state index contributed by atoms with van der Waals surface area (Å²) in [5, 5.41) is 6.56. The van der Waals surface area contributed by atoms with E-state index in [9.17, 15) is 4.79 Å². The third-order valence-corrected chi connectivity index (χ3v) is 5.16. The molecule has 1 aliphatic carbocycles. The Balaban J connectivity index is 0.00000144. The van der Waals surface area contributed by atoms with Gasteiger partial charge < -0.3 is 15.5 Å². The molecule has 1 spiro atoms. The fraction of sp³-hybridized carbons (Fsp3) is 0.611. The summed E-state index contributed by atoms with van der Waals surface area (Å²) in [4.78, 5) is 14.6. The lowest BCUT2D eigenvalue weighted by Gasteiger charge is -2.23. The van der Waals surface area contributed by atoms with Crippen molar-refractivity contribution in [2.24, 2.45) is 11.3 Å². The summed E-state index contributed by atoms with van der Waals surface area (Å²) >= 11 is 0. The van der Waals surface area contributed by atoms with Crippen LogP contribution in [0.3, 0.4) is 0 Å². The highest BCUT2D eigenvalue weighted by Gasteiger charge is 2.57. The Morgan fingerprint density at radius 1 is 1.21 bits per heavy atom. The maximum atomic E-state index is 12.4. The van der Waals surface area contributed by atoms with Gasteiger partial charge in [-0.15, -0.1) is 24.8 Å². The number of carbonyl (C=O) groups is 1. The van der Waals surface area contributed by atoms with Crippen molar-refractivity contribution in [3.05, 3.63) is 35.4 Å². The maximum Gasteiger partial charge on any atom is 0.223 e. The topological polar surface area (TPSA) is 44.4 Å². The summed E-state index contributed by atoms with van der Waals surface area (Å²) < 4.78 is 0. The summed E-state index contributed by atoms with van der Waals surface area (Å²) in [6, 6.07) is 8.38. The number of nitrogens with zero attached hydrogens (tertiary/aromatic N) is 1. The number of nitrogens with one attached hydrogen (secondary N) is 2. The zero-order valence-corrected chi connectivity index (χ0v) is 16.1. The van der Waals surface area contributed by atoms with Gasteiger partial charge in [0.25, 0.3) is 0 Å². The molecule has 1 unspecified atom stereocenters. The van der Waals surface area contributed by atoms with Gasteiger partial charge in [-0.3, -0.25) is 4.79 Å². The van der Waals surface area contributed by atoms with Crippen LogP contribution in [0.1, 0.15) is 30.4 Å². The van der Waals surface area contributed by atoms with E-state index in [2.05, 4.69) is 47.8 Å². The maximum absolute atomic E-state index is 12.4. The molecule has 1 heterocycles. The molecule has 1 saturated heterocycles. The lowest BCUT2D eigenvalue weighted by Crippen LogP contribution is -2.33. The van der Waals surface area contributed by atoms with Crippen LogP contribution in [-0.4, -0.2) is 38.0 Å². The van der Waals surface area contributed by atoms with E-state index in [1.54, 1.807) is 0 Å². The van der Waals surface area contributed by atoms with Crippen LogP contribution in [0.4, 0.5) is 0 Å². The molecule has 1 aromatic rings. The number of rotatable bonds is 5. The highest BCUT2D eigenvalue weighted by Crippen LogP contribution is 2.58. The van der Waals surface area contributed by atoms with Gasteiger partial charge in [0.15, 0.2) is 0 Å². The van der Waals surface area contributed by atoms with E-state index in [1.165, 1.54) is 11.1 Å². The first kappa shape index (κ1) is 21.2. The van der Waals surface area contributed by atoms with E-state index < -0.39 is 0 Å². The second kappa shape index (κ2) is 9.04. The fourth-order valence-corrected chi connectivity index (χ4v) is 3.73. The molecule has 0 bridgehead atoms. The van der Waals surface area contributed by atoms with Crippen molar-refractivity contribution in [1.82, 2.24) is 15.5 Å². The van der Waals surface area contributed by atoms with Crippen LogP contribution in [0.25, 0.3) is 0 Å². The largest absolute Gasteiger partial charge is 0.352 e. The molecule has 24 heavy (non-hydrogen) atoms. The van der Waals surface area contributed by atoms with Crippen molar-refractivity contribution in [3.8, 4) is 0 Å². The van der Waals surface area contributed by atoms with Gasteiger partial charge in [-0.2, -0.15) is 0 Å². The molecule has 2 aliphatic rings. The molecule has 2 N–H and O–H groups in total. The standard InChI is InChI=1S/C18H27N3O.2ClH/c1-21(2)13-15-6-4-3-5-14(15)12-20-17(22)16-11-18(16)7-9-19-10-8-18;;/h3-6,16,19H,7-13H2,1-2H3,(H,20,22);2*1H. The Kier molecular flexibility index (Phi) is 8.00. The first-order chi connectivity index (χ1) is 10.6. The van der Waals surface area contributed by atoms with E-state index in [4.69, 9.17) is 0 Å². The van der Waals surface area contributed by atoms with Crippen LogP contribution >= 0.6 is 24.8 Å². The smallest absolute Gasteiger partial charge is 0.223 e. The predicted molar refractivity (Wildman–Crippen MR) is 103 cm³/mol. The summed E-state index contributed by atoms with van der Waals surface area (Å²) in [6.45, 7) is 3.68.